The van der Waals surface area contributed by atoms with Crippen LogP contribution in [-0.2, 0) is 19.6 Å². The lowest BCUT2D eigenvalue weighted by atomic mass is 10.2. The van der Waals surface area contributed by atoms with Gasteiger partial charge in [0.05, 0.1) is 12.0 Å². The molecule has 0 aromatic heterocycles. The van der Waals surface area contributed by atoms with Crippen molar-refractivity contribution >= 4 is 39.0 Å². The monoisotopic (exact) mass is 401 g/mol. The number of hydrogen-bond donors (Lipinski definition) is 2. The number of sulfonamides is 1. The molecule has 0 aliphatic heterocycles. The summed E-state index contributed by atoms with van der Waals surface area (Å²) in [5, 5.41) is 6.39. The van der Waals surface area contributed by atoms with E-state index in [2.05, 4.69) is 15.4 Å². The van der Waals surface area contributed by atoms with Gasteiger partial charge in [-0.05, 0) is 43.3 Å². The Bertz CT molecular complexity index is 732. The molecule has 0 aliphatic carbocycles. The van der Waals surface area contributed by atoms with E-state index in [9.17, 15) is 13.2 Å². The molecule has 0 fully saturated rings. The van der Waals surface area contributed by atoms with Gasteiger partial charge < -0.3 is 15.4 Å². The number of thiocarbonyl (C=S) groups is 1. The molecule has 0 spiro atoms. The van der Waals surface area contributed by atoms with Crippen LogP contribution in [0.1, 0.15) is 32.3 Å². The smallest absolute Gasteiger partial charge is 0.305 e. The van der Waals surface area contributed by atoms with E-state index in [4.69, 9.17) is 12.2 Å². The summed E-state index contributed by atoms with van der Waals surface area (Å²) in [6.45, 7) is 6.82. The van der Waals surface area contributed by atoms with Gasteiger partial charge >= 0.3 is 5.97 Å². The van der Waals surface area contributed by atoms with Crippen molar-refractivity contribution in [3.05, 3.63) is 23.8 Å². The maximum atomic E-state index is 12.7. The summed E-state index contributed by atoms with van der Waals surface area (Å²) in [5.74, 6) is -0.268. The second-order valence-electron chi connectivity index (χ2n) is 5.63. The van der Waals surface area contributed by atoms with Crippen LogP contribution in [0.4, 0.5) is 5.69 Å². The molecule has 0 bridgehead atoms. The summed E-state index contributed by atoms with van der Waals surface area (Å²) in [4.78, 5) is 11.3. The molecular weight excluding hydrogens is 374 g/mol. The number of nitrogens with zero attached hydrogens (tertiary/aromatic N) is 1. The molecule has 1 aromatic rings. The van der Waals surface area contributed by atoms with Gasteiger partial charge in [0.25, 0.3) is 0 Å². The summed E-state index contributed by atoms with van der Waals surface area (Å²) in [7, 11) is -2.18. The Kier molecular flexibility index (Phi) is 8.97. The third kappa shape index (κ3) is 6.22. The van der Waals surface area contributed by atoms with E-state index in [0.29, 0.717) is 43.3 Å². The largest absolute Gasteiger partial charge is 0.469 e. The third-order valence-corrected chi connectivity index (χ3v) is 6.16. The van der Waals surface area contributed by atoms with Gasteiger partial charge in [0, 0.05) is 31.7 Å². The molecule has 7 nitrogen and oxygen atoms in total. The van der Waals surface area contributed by atoms with Crippen LogP contribution in [0, 0.1) is 6.92 Å². The van der Waals surface area contributed by atoms with Crippen LogP contribution < -0.4 is 10.6 Å². The van der Waals surface area contributed by atoms with E-state index in [1.54, 1.807) is 18.2 Å². The van der Waals surface area contributed by atoms with Gasteiger partial charge in [0.2, 0.25) is 10.0 Å². The second kappa shape index (κ2) is 10.4. The Hall–Kier alpha value is -1.71. The fourth-order valence-electron chi connectivity index (χ4n) is 2.31. The van der Waals surface area contributed by atoms with Gasteiger partial charge in [-0.15, -0.1) is 0 Å². The summed E-state index contributed by atoms with van der Waals surface area (Å²) >= 11 is 5.24. The van der Waals surface area contributed by atoms with Gasteiger partial charge in [-0.3, -0.25) is 4.79 Å². The normalized spacial score (nSPS) is 11.3. The average molecular weight is 402 g/mol. The fraction of sp³-hybridized carbons (Fsp3) is 0.529. The fourth-order valence-corrected chi connectivity index (χ4v) is 4.01. The number of benzene rings is 1. The van der Waals surface area contributed by atoms with Gasteiger partial charge in [0.15, 0.2) is 5.11 Å². The molecule has 0 atom stereocenters. The van der Waals surface area contributed by atoms with E-state index < -0.39 is 10.0 Å². The Morgan fingerprint density at radius 2 is 1.92 bits per heavy atom. The zero-order valence-electron chi connectivity index (χ0n) is 15.7. The number of aryl methyl sites for hydroxylation is 1. The van der Waals surface area contributed by atoms with E-state index in [0.717, 1.165) is 5.56 Å². The van der Waals surface area contributed by atoms with Crippen molar-refractivity contribution in [1.29, 1.82) is 0 Å². The standard InChI is InChI=1S/C17H27N3O4S2/c1-5-20(6-2)26(22,23)14-10-9-13(3)15(12-14)19-17(25)18-11-7-8-16(21)24-4/h9-10,12H,5-8,11H2,1-4H3,(H2,18,19,25). The molecule has 0 amide bonds. The first-order valence-electron chi connectivity index (χ1n) is 8.48. The molecule has 0 saturated heterocycles. The Balaban J connectivity index is 2.79. The second-order valence-corrected chi connectivity index (χ2v) is 7.97. The van der Waals surface area contributed by atoms with Gasteiger partial charge in [0.1, 0.15) is 0 Å². The molecule has 26 heavy (non-hydrogen) atoms. The molecule has 0 aliphatic rings. The topological polar surface area (TPSA) is 87.7 Å². The first-order valence-corrected chi connectivity index (χ1v) is 10.3. The highest BCUT2D eigenvalue weighted by Gasteiger charge is 2.22. The molecule has 2 N–H and O–H groups in total. The Labute approximate surface area is 161 Å². The molecule has 0 heterocycles. The third-order valence-electron chi connectivity index (χ3n) is 3.87. The van der Waals surface area contributed by atoms with Crippen LogP contribution in [0.15, 0.2) is 23.1 Å². The minimum Gasteiger partial charge on any atom is -0.469 e. The van der Waals surface area contributed by atoms with Crippen molar-refractivity contribution in [2.75, 3.05) is 32.1 Å². The highest BCUT2D eigenvalue weighted by atomic mass is 32.2. The molecular formula is C17H27N3O4S2. The summed E-state index contributed by atoms with van der Waals surface area (Å²) in [6, 6.07) is 4.94. The van der Waals surface area contributed by atoms with Crippen LogP contribution >= 0.6 is 12.2 Å². The van der Waals surface area contributed by atoms with E-state index in [-0.39, 0.29) is 10.9 Å². The lowest BCUT2D eigenvalue weighted by molar-refractivity contribution is -0.140. The summed E-state index contributed by atoms with van der Waals surface area (Å²) in [6.07, 6.45) is 0.895. The number of methoxy groups -OCH3 is 1. The van der Waals surface area contributed by atoms with E-state index >= 15 is 0 Å². The average Bonchev–Trinajstić information content (AvgIpc) is 2.61. The molecule has 146 valence electrons. The lowest BCUT2D eigenvalue weighted by Gasteiger charge is -2.20. The molecule has 0 unspecified atom stereocenters. The summed E-state index contributed by atoms with van der Waals surface area (Å²) < 4.78 is 31.3. The van der Waals surface area contributed by atoms with Crippen LogP contribution in [0.5, 0.6) is 0 Å². The zero-order chi connectivity index (χ0) is 19.7. The number of anilines is 1. The first kappa shape index (κ1) is 22.3. The molecule has 1 aromatic carbocycles. The molecule has 0 radical (unpaired) electrons. The predicted octanol–water partition coefficient (Wildman–Crippen LogP) is 2.27. The Morgan fingerprint density at radius 1 is 1.27 bits per heavy atom. The Morgan fingerprint density at radius 3 is 2.50 bits per heavy atom. The number of nitrogens with one attached hydrogen (secondary N) is 2. The van der Waals surface area contributed by atoms with Gasteiger partial charge in [-0.1, -0.05) is 19.9 Å². The van der Waals surface area contributed by atoms with Crippen LogP contribution in [0.25, 0.3) is 0 Å². The van der Waals surface area contributed by atoms with E-state index in [1.165, 1.54) is 11.4 Å². The number of carbonyl (C=O) groups is 1. The van der Waals surface area contributed by atoms with Crippen LogP contribution in [-0.4, -0.2) is 50.5 Å². The van der Waals surface area contributed by atoms with Crippen molar-refractivity contribution < 1.29 is 17.9 Å². The van der Waals surface area contributed by atoms with Crippen molar-refractivity contribution in [2.45, 2.75) is 38.5 Å². The van der Waals surface area contributed by atoms with Crippen LogP contribution in [0.2, 0.25) is 0 Å². The van der Waals surface area contributed by atoms with Crippen molar-refractivity contribution in [3.8, 4) is 0 Å². The van der Waals surface area contributed by atoms with Crippen molar-refractivity contribution in [3.63, 3.8) is 0 Å². The summed E-state index contributed by atoms with van der Waals surface area (Å²) in [5.41, 5.74) is 1.51. The minimum absolute atomic E-state index is 0.225. The maximum Gasteiger partial charge on any atom is 0.305 e. The minimum atomic E-state index is -3.53. The number of rotatable bonds is 9. The molecule has 1 rings (SSSR count). The predicted molar refractivity (Wildman–Crippen MR) is 107 cm³/mol. The maximum absolute atomic E-state index is 12.7. The lowest BCUT2D eigenvalue weighted by Crippen LogP contribution is -2.31. The van der Waals surface area contributed by atoms with Gasteiger partial charge in [-0.25, -0.2) is 8.42 Å². The quantitative estimate of drug-likeness (QED) is 0.373. The first-order chi connectivity index (χ1) is 12.3. The van der Waals surface area contributed by atoms with Crippen molar-refractivity contribution in [2.24, 2.45) is 0 Å². The number of esters is 1. The SMILES string of the molecule is CCN(CC)S(=O)(=O)c1ccc(C)c(NC(=S)NCCCC(=O)OC)c1. The van der Waals surface area contributed by atoms with Gasteiger partial charge in [-0.2, -0.15) is 4.31 Å². The van der Waals surface area contributed by atoms with Crippen LogP contribution in [0.3, 0.4) is 0 Å². The molecule has 0 saturated carbocycles. The number of hydrogen-bond acceptors (Lipinski definition) is 5. The number of ether oxygens (including phenoxy) is 1. The van der Waals surface area contributed by atoms with E-state index in [1.807, 2.05) is 20.8 Å². The highest BCUT2D eigenvalue weighted by molar-refractivity contribution is 7.89. The van der Waals surface area contributed by atoms with Crippen molar-refractivity contribution in [1.82, 2.24) is 9.62 Å². The highest BCUT2D eigenvalue weighted by Crippen LogP contribution is 2.23. The molecule has 9 heteroatoms. The number of carbonyl (C=O) groups excluding carboxylic acids is 1. The zero-order valence-corrected chi connectivity index (χ0v) is 17.3.